The van der Waals surface area contributed by atoms with E-state index in [1.54, 1.807) is 43.3 Å². The zero-order valence-electron chi connectivity index (χ0n) is 16.0. The van der Waals surface area contributed by atoms with E-state index in [-0.39, 0.29) is 24.5 Å². The molecule has 0 radical (unpaired) electrons. The third-order valence-corrected chi connectivity index (χ3v) is 5.63. The summed E-state index contributed by atoms with van der Waals surface area (Å²) in [5, 5.41) is 0. The molecule has 0 atom stereocenters. The molecule has 0 saturated carbocycles. The van der Waals surface area contributed by atoms with Gasteiger partial charge in [-0.05, 0) is 48.7 Å². The van der Waals surface area contributed by atoms with Crippen LogP contribution < -0.4 is 4.72 Å². The highest BCUT2D eigenvalue weighted by molar-refractivity contribution is 7.89. The maximum atomic E-state index is 12.4. The molecule has 150 valence electrons. The molecule has 0 aliphatic carbocycles. The number of rotatable bonds is 8. The van der Waals surface area contributed by atoms with E-state index < -0.39 is 22.0 Å². The van der Waals surface area contributed by atoms with Gasteiger partial charge in [0.1, 0.15) is 6.61 Å². The van der Waals surface area contributed by atoms with Gasteiger partial charge in [0.15, 0.2) is 0 Å². The molecule has 0 amide bonds. The Hall–Kier alpha value is -2.71. The lowest BCUT2D eigenvalue weighted by Crippen LogP contribution is -2.27. The normalized spacial score (nSPS) is 11.1. The first kappa shape index (κ1) is 21.6. The van der Waals surface area contributed by atoms with Crippen molar-refractivity contribution in [2.75, 3.05) is 13.7 Å². The number of carbonyl (C=O) groups is 2. The minimum Gasteiger partial charge on any atom is -0.465 e. The molecule has 0 fully saturated rings. The minimum absolute atomic E-state index is 0.0318. The molecule has 0 aromatic heterocycles. The maximum absolute atomic E-state index is 12.4. The van der Waals surface area contributed by atoms with E-state index in [2.05, 4.69) is 9.46 Å². The summed E-state index contributed by atoms with van der Waals surface area (Å²) in [5.41, 5.74) is 2.58. The van der Waals surface area contributed by atoms with Crippen molar-refractivity contribution in [2.24, 2.45) is 0 Å². The van der Waals surface area contributed by atoms with Gasteiger partial charge in [0.2, 0.25) is 10.0 Å². The van der Waals surface area contributed by atoms with Crippen molar-refractivity contribution in [3.05, 3.63) is 64.7 Å². The number of benzene rings is 2. The highest BCUT2D eigenvalue weighted by atomic mass is 32.2. The molecule has 0 aliphatic rings. The molecular weight excluding hydrogens is 382 g/mol. The van der Waals surface area contributed by atoms with E-state index in [0.29, 0.717) is 16.7 Å². The standard InChI is InChI=1S/C20H23NO6S/c1-14-4-5-15(2)18(12-14)28(24,25)21-11-10-19(22)27-13-16-6-8-17(9-7-16)20(23)26-3/h4-9,12,21H,10-11,13H2,1-3H3. The van der Waals surface area contributed by atoms with Crippen molar-refractivity contribution >= 4 is 22.0 Å². The summed E-state index contributed by atoms with van der Waals surface area (Å²) < 4.78 is 36.9. The van der Waals surface area contributed by atoms with Crippen LogP contribution in [0.5, 0.6) is 0 Å². The second-order valence-electron chi connectivity index (χ2n) is 6.27. The number of methoxy groups -OCH3 is 1. The average Bonchev–Trinajstić information content (AvgIpc) is 2.67. The number of hydrogen-bond acceptors (Lipinski definition) is 6. The monoisotopic (exact) mass is 405 g/mol. The van der Waals surface area contributed by atoms with E-state index in [1.807, 2.05) is 13.0 Å². The predicted octanol–water partition coefficient (Wildman–Crippen LogP) is 2.50. The predicted molar refractivity (Wildman–Crippen MR) is 103 cm³/mol. The Morgan fingerprint density at radius 1 is 1.04 bits per heavy atom. The van der Waals surface area contributed by atoms with E-state index in [4.69, 9.17) is 4.74 Å². The van der Waals surface area contributed by atoms with Crippen LogP contribution in [0.3, 0.4) is 0 Å². The van der Waals surface area contributed by atoms with Crippen LogP contribution in [0.15, 0.2) is 47.4 Å². The summed E-state index contributed by atoms with van der Waals surface area (Å²) in [6.45, 7) is 3.50. The van der Waals surface area contributed by atoms with Crippen LogP contribution in [0.1, 0.15) is 33.5 Å². The molecule has 0 unspecified atom stereocenters. The van der Waals surface area contributed by atoms with E-state index in [1.165, 1.54) is 7.11 Å². The summed E-state index contributed by atoms with van der Waals surface area (Å²) >= 11 is 0. The molecule has 2 rings (SSSR count). The zero-order chi connectivity index (χ0) is 20.7. The Morgan fingerprint density at radius 2 is 1.71 bits per heavy atom. The van der Waals surface area contributed by atoms with Gasteiger partial charge in [-0.3, -0.25) is 4.79 Å². The first-order valence-corrected chi connectivity index (χ1v) is 10.1. The van der Waals surface area contributed by atoms with Crippen molar-refractivity contribution < 1.29 is 27.5 Å². The topological polar surface area (TPSA) is 98.8 Å². The average molecular weight is 405 g/mol. The van der Waals surface area contributed by atoms with Gasteiger partial charge in [-0.2, -0.15) is 0 Å². The van der Waals surface area contributed by atoms with Gasteiger partial charge in [0.25, 0.3) is 0 Å². The first-order chi connectivity index (χ1) is 13.2. The number of hydrogen-bond donors (Lipinski definition) is 1. The Labute approximate surface area is 164 Å². The van der Waals surface area contributed by atoms with Crippen LogP contribution in [0.4, 0.5) is 0 Å². The van der Waals surface area contributed by atoms with Crippen molar-refractivity contribution in [3.8, 4) is 0 Å². The van der Waals surface area contributed by atoms with E-state index in [0.717, 1.165) is 5.56 Å². The molecule has 8 heteroatoms. The molecule has 2 aromatic rings. The summed E-state index contributed by atoms with van der Waals surface area (Å²) in [4.78, 5) is 23.4. The fourth-order valence-electron chi connectivity index (χ4n) is 2.45. The number of esters is 2. The molecule has 0 bridgehead atoms. The number of ether oxygens (including phenoxy) is 2. The van der Waals surface area contributed by atoms with Gasteiger partial charge >= 0.3 is 11.9 Å². The van der Waals surface area contributed by atoms with Crippen molar-refractivity contribution in [1.82, 2.24) is 4.72 Å². The summed E-state index contributed by atoms with van der Waals surface area (Å²) in [6, 6.07) is 11.6. The van der Waals surface area contributed by atoms with Crippen molar-refractivity contribution in [1.29, 1.82) is 0 Å². The minimum atomic E-state index is -3.69. The Bertz CT molecular complexity index is 951. The quantitative estimate of drug-likeness (QED) is 0.678. The Balaban J connectivity index is 1.82. The highest BCUT2D eigenvalue weighted by Crippen LogP contribution is 2.16. The molecule has 0 spiro atoms. The zero-order valence-corrected chi connectivity index (χ0v) is 16.8. The number of nitrogens with one attached hydrogen (secondary N) is 1. The van der Waals surface area contributed by atoms with Crippen LogP contribution in [0.2, 0.25) is 0 Å². The first-order valence-electron chi connectivity index (χ1n) is 8.63. The number of aryl methyl sites for hydroxylation is 2. The SMILES string of the molecule is COC(=O)c1ccc(COC(=O)CCNS(=O)(=O)c2cc(C)ccc2C)cc1. The van der Waals surface area contributed by atoms with Gasteiger partial charge < -0.3 is 9.47 Å². The molecule has 0 heterocycles. The largest absolute Gasteiger partial charge is 0.465 e. The lowest BCUT2D eigenvalue weighted by molar-refractivity contribution is -0.144. The van der Waals surface area contributed by atoms with Gasteiger partial charge in [0.05, 0.1) is 24.0 Å². The molecule has 0 saturated heterocycles. The van der Waals surface area contributed by atoms with Crippen LogP contribution in [0.25, 0.3) is 0 Å². The fraction of sp³-hybridized carbons (Fsp3) is 0.300. The van der Waals surface area contributed by atoms with Gasteiger partial charge in [-0.25, -0.2) is 17.9 Å². The fourth-order valence-corrected chi connectivity index (χ4v) is 3.81. The highest BCUT2D eigenvalue weighted by Gasteiger charge is 2.17. The Morgan fingerprint density at radius 3 is 2.36 bits per heavy atom. The third-order valence-electron chi connectivity index (χ3n) is 4.03. The van der Waals surface area contributed by atoms with E-state index >= 15 is 0 Å². The third kappa shape index (κ3) is 5.90. The lowest BCUT2D eigenvalue weighted by atomic mass is 10.1. The second kappa shape index (κ2) is 9.48. The molecule has 2 aromatic carbocycles. The molecule has 1 N–H and O–H groups in total. The van der Waals surface area contributed by atoms with Crippen LogP contribution in [-0.2, 0) is 30.9 Å². The Kier molecular flexibility index (Phi) is 7.31. The van der Waals surface area contributed by atoms with Gasteiger partial charge in [-0.1, -0.05) is 24.3 Å². The van der Waals surface area contributed by atoms with Crippen LogP contribution in [0, 0.1) is 13.8 Å². The molecule has 0 aliphatic heterocycles. The number of carbonyl (C=O) groups excluding carboxylic acids is 2. The van der Waals surface area contributed by atoms with Crippen molar-refractivity contribution in [2.45, 2.75) is 31.8 Å². The molecule has 7 nitrogen and oxygen atoms in total. The lowest BCUT2D eigenvalue weighted by Gasteiger charge is -2.10. The molecule has 28 heavy (non-hydrogen) atoms. The molecular formula is C20H23NO6S. The summed E-state index contributed by atoms with van der Waals surface area (Å²) in [5.74, 6) is -0.972. The second-order valence-corrected chi connectivity index (χ2v) is 8.00. The smallest absolute Gasteiger partial charge is 0.337 e. The van der Waals surface area contributed by atoms with Gasteiger partial charge in [0, 0.05) is 6.54 Å². The number of sulfonamides is 1. The maximum Gasteiger partial charge on any atom is 0.337 e. The van der Waals surface area contributed by atoms with Crippen molar-refractivity contribution in [3.63, 3.8) is 0 Å². The summed E-state index contributed by atoms with van der Waals surface area (Å²) in [6.07, 6.45) is -0.0929. The van der Waals surface area contributed by atoms with Crippen LogP contribution in [-0.4, -0.2) is 34.0 Å². The summed E-state index contributed by atoms with van der Waals surface area (Å²) in [7, 11) is -2.40. The van der Waals surface area contributed by atoms with Crippen LogP contribution >= 0.6 is 0 Å². The van der Waals surface area contributed by atoms with Gasteiger partial charge in [-0.15, -0.1) is 0 Å². The van der Waals surface area contributed by atoms with E-state index in [9.17, 15) is 18.0 Å².